The number of carbonyl (C=O) groups is 2. The lowest BCUT2D eigenvalue weighted by Gasteiger charge is -2.16. The maximum Gasteiger partial charge on any atom is 0.269 e. The van der Waals surface area contributed by atoms with Gasteiger partial charge in [-0.25, -0.2) is 0 Å². The van der Waals surface area contributed by atoms with E-state index in [0.29, 0.717) is 16.4 Å². The zero-order valence-electron chi connectivity index (χ0n) is 13.3. The van der Waals surface area contributed by atoms with Crippen molar-refractivity contribution < 1.29 is 14.5 Å². The van der Waals surface area contributed by atoms with Crippen LogP contribution in [-0.2, 0) is 9.59 Å². The molecule has 0 bridgehead atoms. The van der Waals surface area contributed by atoms with E-state index in [1.807, 2.05) is 0 Å². The van der Waals surface area contributed by atoms with Crippen LogP contribution < -0.4 is 10.2 Å². The number of nitrogens with one attached hydrogen (secondary N) is 1. The van der Waals surface area contributed by atoms with Gasteiger partial charge in [-0.3, -0.25) is 19.7 Å². The fraction of sp³-hybridized carbons (Fsp3) is 0.176. The van der Waals surface area contributed by atoms with E-state index < -0.39 is 10.8 Å². The van der Waals surface area contributed by atoms with Gasteiger partial charge in [0.2, 0.25) is 11.8 Å². The number of non-ortho nitro benzene ring substituents is 1. The number of rotatable bonds is 4. The first kappa shape index (κ1) is 18.3. The Hall–Kier alpha value is -2.45. The molecule has 0 spiro atoms. The lowest BCUT2D eigenvalue weighted by atomic mass is 10.1. The number of hydrogen-bond donors (Lipinski definition) is 1. The molecule has 0 unspecified atom stereocenters. The SMILES string of the molecule is O=C(Nc1ccc(Br)c(Cl)c1)[C@@H]1CC(=O)N(c2ccc([N+](=O)[O-])cc2)C1. The van der Waals surface area contributed by atoms with E-state index in [9.17, 15) is 19.7 Å². The number of nitrogens with zero attached hydrogens (tertiary/aromatic N) is 2. The van der Waals surface area contributed by atoms with Crippen molar-refractivity contribution in [3.05, 3.63) is 62.1 Å². The standard InChI is InChI=1S/C17H13BrClN3O4/c18-14-6-1-11(8-15(14)19)20-17(24)10-7-16(23)21(9-10)12-2-4-13(5-3-12)22(25)26/h1-6,8,10H,7,9H2,(H,20,24)/t10-/m1/s1. The van der Waals surface area contributed by atoms with Gasteiger partial charge in [0.25, 0.3) is 5.69 Å². The second-order valence-corrected chi connectivity index (χ2v) is 7.06. The Morgan fingerprint density at radius 2 is 1.96 bits per heavy atom. The van der Waals surface area contributed by atoms with Crippen molar-refractivity contribution in [2.75, 3.05) is 16.8 Å². The largest absolute Gasteiger partial charge is 0.326 e. The topological polar surface area (TPSA) is 92.6 Å². The second kappa shape index (κ2) is 7.43. The molecule has 2 aromatic carbocycles. The Morgan fingerprint density at radius 3 is 2.58 bits per heavy atom. The van der Waals surface area contributed by atoms with E-state index in [0.717, 1.165) is 4.47 Å². The average molecular weight is 439 g/mol. The van der Waals surface area contributed by atoms with E-state index in [4.69, 9.17) is 11.6 Å². The maximum atomic E-state index is 12.4. The number of hydrogen-bond acceptors (Lipinski definition) is 4. The number of amides is 2. The van der Waals surface area contributed by atoms with Gasteiger partial charge < -0.3 is 10.2 Å². The van der Waals surface area contributed by atoms with Crippen molar-refractivity contribution in [3.63, 3.8) is 0 Å². The summed E-state index contributed by atoms with van der Waals surface area (Å²) in [5.41, 5.74) is 1.02. The highest BCUT2D eigenvalue weighted by atomic mass is 79.9. The Bertz CT molecular complexity index is 888. The maximum absolute atomic E-state index is 12.4. The van der Waals surface area contributed by atoms with Gasteiger partial charge in [0.1, 0.15) is 0 Å². The predicted molar refractivity (Wildman–Crippen MR) is 101 cm³/mol. The van der Waals surface area contributed by atoms with E-state index in [2.05, 4.69) is 21.2 Å². The van der Waals surface area contributed by atoms with Crippen LogP contribution in [0.25, 0.3) is 0 Å². The first-order valence-corrected chi connectivity index (χ1v) is 8.83. The van der Waals surface area contributed by atoms with Crippen LogP contribution in [0.3, 0.4) is 0 Å². The van der Waals surface area contributed by atoms with Crippen LogP contribution in [-0.4, -0.2) is 23.3 Å². The van der Waals surface area contributed by atoms with Crippen LogP contribution in [0.2, 0.25) is 5.02 Å². The van der Waals surface area contributed by atoms with E-state index in [1.54, 1.807) is 18.2 Å². The molecule has 1 N–H and O–H groups in total. The molecule has 2 amide bonds. The number of nitro groups is 1. The molecule has 0 radical (unpaired) electrons. The van der Waals surface area contributed by atoms with Gasteiger partial charge >= 0.3 is 0 Å². The van der Waals surface area contributed by atoms with Gasteiger partial charge in [0, 0.05) is 40.9 Å². The fourth-order valence-corrected chi connectivity index (χ4v) is 3.13. The number of nitro benzene ring substituents is 1. The molecule has 9 heteroatoms. The van der Waals surface area contributed by atoms with Crippen LogP contribution in [0.4, 0.5) is 17.1 Å². The van der Waals surface area contributed by atoms with Gasteiger partial charge in [0.15, 0.2) is 0 Å². The minimum atomic E-state index is -0.514. The van der Waals surface area contributed by atoms with Gasteiger partial charge in [-0.05, 0) is 46.3 Å². The molecular formula is C17H13BrClN3O4. The summed E-state index contributed by atoms with van der Waals surface area (Å²) in [4.78, 5) is 36.4. The minimum absolute atomic E-state index is 0.0539. The van der Waals surface area contributed by atoms with Crippen molar-refractivity contribution in [1.82, 2.24) is 0 Å². The Morgan fingerprint density at radius 1 is 1.27 bits per heavy atom. The summed E-state index contributed by atoms with van der Waals surface area (Å²) in [7, 11) is 0. The molecule has 0 aromatic heterocycles. The molecule has 7 nitrogen and oxygen atoms in total. The monoisotopic (exact) mass is 437 g/mol. The molecule has 1 aliphatic heterocycles. The van der Waals surface area contributed by atoms with Crippen LogP contribution in [0.5, 0.6) is 0 Å². The third kappa shape index (κ3) is 3.86. The lowest BCUT2D eigenvalue weighted by Crippen LogP contribution is -2.28. The summed E-state index contributed by atoms with van der Waals surface area (Å²) in [5.74, 6) is -0.992. The van der Waals surface area contributed by atoms with Gasteiger partial charge in [-0.2, -0.15) is 0 Å². The van der Waals surface area contributed by atoms with Crippen LogP contribution in [0, 0.1) is 16.0 Å². The van der Waals surface area contributed by atoms with Crippen molar-refractivity contribution in [3.8, 4) is 0 Å². The number of halogens is 2. The minimum Gasteiger partial charge on any atom is -0.326 e. The molecule has 1 aliphatic rings. The molecule has 0 aliphatic carbocycles. The van der Waals surface area contributed by atoms with Crippen molar-refractivity contribution in [2.24, 2.45) is 5.92 Å². The summed E-state index contributed by atoms with van der Waals surface area (Å²) >= 11 is 9.29. The molecular weight excluding hydrogens is 426 g/mol. The normalized spacial score (nSPS) is 16.6. The zero-order chi connectivity index (χ0) is 18.8. The molecule has 1 heterocycles. The smallest absolute Gasteiger partial charge is 0.269 e. The van der Waals surface area contributed by atoms with Crippen molar-refractivity contribution in [1.29, 1.82) is 0 Å². The number of benzene rings is 2. The molecule has 0 saturated carbocycles. The van der Waals surface area contributed by atoms with Crippen LogP contribution >= 0.6 is 27.5 Å². The third-order valence-electron chi connectivity index (χ3n) is 4.06. The molecule has 26 heavy (non-hydrogen) atoms. The first-order valence-electron chi connectivity index (χ1n) is 7.66. The molecule has 1 fully saturated rings. The molecule has 1 atom stereocenters. The van der Waals surface area contributed by atoms with E-state index in [-0.39, 0.29) is 30.5 Å². The lowest BCUT2D eigenvalue weighted by molar-refractivity contribution is -0.384. The van der Waals surface area contributed by atoms with Crippen LogP contribution in [0.1, 0.15) is 6.42 Å². The van der Waals surface area contributed by atoms with Gasteiger partial charge in [-0.1, -0.05) is 11.6 Å². The van der Waals surface area contributed by atoms with Gasteiger partial charge in [-0.15, -0.1) is 0 Å². The predicted octanol–water partition coefficient (Wildman–Crippen LogP) is 4.00. The fourth-order valence-electron chi connectivity index (χ4n) is 2.71. The van der Waals surface area contributed by atoms with Crippen LogP contribution in [0.15, 0.2) is 46.9 Å². The first-order chi connectivity index (χ1) is 12.3. The number of anilines is 2. The zero-order valence-corrected chi connectivity index (χ0v) is 15.7. The summed E-state index contributed by atoms with van der Waals surface area (Å²) in [6.45, 7) is 0.215. The Kier molecular flexibility index (Phi) is 5.24. The molecule has 134 valence electrons. The third-order valence-corrected chi connectivity index (χ3v) is 5.29. The molecule has 3 rings (SSSR count). The second-order valence-electron chi connectivity index (χ2n) is 5.80. The summed E-state index contributed by atoms with van der Waals surface area (Å²) in [6, 6.07) is 10.7. The summed E-state index contributed by atoms with van der Waals surface area (Å²) < 4.78 is 0.720. The van der Waals surface area contributed by atoms with Crippen molar-refractivity contribution in [2.45, 2.75) is 6.42 Å². The highest BCUT2D eigenvalue weighted by molar-refractivity contribution is 9.10. The Labute approximate surface area is 162 Å². The van der Waals surface area contributed by atoms with Crippen molar-refractivity contribution >= 4 is 56.4 Å². The highest BCUT2D eigenvalue weighted by Crippen LogP contribution is 2.29. The average Bonchev–Trinajstić information content (AvgIpc) is 3.00. The van der Waals surface area contributed by atoms with E-state index in [1.165, 1.54) is 29.2 Å². The quantitative estimate of drug-likeness (QED) is 0.577. The van der Waals surface area contributed by atoms with E-state index >= 15 is 0 Å². The molecule has 1 saturated heterocycles. The highest BCUT2D eigenvalue weighted by Gasteiger charge is 2.35. The number of carbonyl (C=O) groups excluding carboxylic acids is 2. The Balaban J connectivity index is 1.69. The summed E-state index contributed by atoms with van der Waals surface area (Å²) in [6.07, 6.45) is 0.0765. The summed E-state index contributed by atoms with van der Waals surface area (Å²) in [5, 5.41) is 13.9. The van der Waals surface area contributed by atoms with Gasteiger partial charge in [0.05, 0.1) is 15.9 Å². The molecule has 2 aromatic rings.